The van der Waals surface area contributed by atoms with Crippen LogP contribution >= 0.6 is 11.8 Å². The summed E-state index contributed by atoms with van der Waals surface area (Å²) in [7, 11) is 2.14. The van der Waals surface area contributed by atoms with Gasteiger partial charge >= 0.3 is 5.97 Å². The predicted octanol–water partition coefficient (Wildman–Crippen LogP) is 2.78. The Morgan fingerprint density at radius 1 is 1.15 bits per heavy atom. The molecule has 1 aromatic heterocycles. The number of anilines is 1. The number of likely N-dealkylation sites (N-methyl/N-ethyl adjacent to an activating group) is 1. The molecule has 0 atom stereocenters. The first-order chi connectivity index (χ1) is 12.5. The Labute approximate surface area is 158 Å². The molecule has 0 amide bonds. The molecule has 1 aromatic carbocycles. The van der Waals surface area contributed by atoms with Gasteiger partial charge in [-0.25, -0.2) is 14.8 Å². The summed E-state index contributed by atoms with van der Waals surface area (Å²) in [6, 6.07) is 9.06. The summed E-state index contributed by atoms with van der Waals surface area (Å²) in [5.41, 5.74) is 2.42. The van der Waals surface area contributed by atoms with Gasteiger partial charge in [0.1, 0.15) is 5.82 Å². The number of aryl methyl sites for hydroxylation is 1. The van der Waals surface area contributed by atoms with Gasteiger partial charge in [0.25, 0.3) is 0 Å². The van der Waals surface area contributed by atoms with Crippen LogP contribution in [0.5, 0.6) is 0 Å². The van der Waals surface area contributed by atoms with Gasteiger partial charge in [-0.05, 0) is 31.2 Å². The molecule has 1 fully saturated rings. The van der Waals surface area contributed by atoms with E-state index in [-0.39, 0.29) is 0 Å². The standard InChI is InChI=1S/C19H24N4O2S/c1-3-16-12-17(23-10-8-22(2)9-11-23)21-19(20-16)26-13-14-4-6-15(7-5-14)18(24)25/h4-7,12H,3,8-11,13H2,1-2H3,(H,24,25). The van der Waals surface area contributed by atoms with Crippen LogP contribution in [0.25, 0.3) is 0 Å². The second-order valence-corrected chi connectivity index (χ2v) is 7.38. The van der Waals surface area contributed by atoms with Crippen LogP contribution in [0.3, 0.4) is 0 Å². The molecule has 7 heteroatoms. The molecule has 0 saturated carbocycles. The van der Waals surface area contributed by atoms with E-state index in [4.69, 9.17) is 10.1 Å². The maximum Gasteiger partial charge on any atom is 0.335 e. The second-order valence-electron chi connectivity index (χ2n) is 6.43. The number of aromatic nitrogens is 2. The largest absolute Gasteiger partial charge is 0.478 e. The number of carbonyl (C=O) groups is 1. The van der Waals surface area contributed by atoms with Crippen molar-refractivity contribution >= 4 is 23.5 Å². The Hall–Kier alpha value is -2.12. The highest BCUT2D eigenvalue weighted by Gasteiger charge is 2.17. The number of nitrogens with zero attached hydrogens (tertiary/aromatic N) is 4. The molecule has 0 radical (unpaired) electrons. The molecular formula is C19H24N4O2S. The fourth-order valence-corrected chi connectivity index (χ4v) is 3.62. The summed E-state index contributed by atoms with van der Waals surface area (Å²) in [6.45, 7) is 6.16. The highest BCUT2D eigenvalue weighted by molar-refractivity contribution is 7.98. The molecule has 26 heavy (non-hydrogen) atoms. The van der Waals surface area contributed by atoms with E-state index < -0.39 is 5.97 Å². The van der Waals surface area contributed by atoms with Crippen LogP contribution in [0.15, 0.2) is 35.5 Å². The van der Waals surface area contributed by atoms with Crippen molar-refractivity contribution in [2.45, 2.75) is 24.3 Å². The van der Waals surface area contributed by atoms with Crippen LogP contribution in [0.1, 0.15) is 28.5 Å². The summed E-state index contributed by atoms with van der Waals surface area (Å²) in [5.74, 6) is 0.823. The van der Waals surface area contributed by atoms with E-state index in [0.29, 0.717) is 5.56 Å². The number of piperazine rings is 1. The van der Waals surface area contributed by atoms with Crippen LogP contribution in [0.2, 0.25) is 0 Å². The number of carboxylic acids is 1. The third-order valence-electron chi connectivity index (χ3n) is 4.50. The molecule has 2 heterocycles. The van der Waals surface area contributed by atoms with E-state index in [2.05, 4.69) is 34.8 Å². The van der Waals surface area contributed by atoms with Crippen LogP contribution in [-0.4, -0.2) is 59.2 Å². The first-order valence-corrected chi connectivity index (χ1v) is 9.80. The van der Waals surface area contributed by atoms with Crippen molar-refractivity contribution < 1.29 is 9.90 Å². The quantitative estimate of drug-likeness (QED) is 0.617. The summed E-state index contributed by atoms with van der Waals surface area (Å²) in [4.78, 5) is 25.0. The number of hydrogen-bond acceptors (Lipinski definition) is 6. The molecule has 1 aliphatic heterocycles. The van der Waals surface area contributed by atoms with Gasteiger partial charge in [0, 0.05) is 43.7 Å². The van der Waals surface area contributed by atoms with Crippen LogP contribution in [0.4, 0.5) is 5.82 Å². The molecule has 6 nitrogen and oxygen atoms in total. The Bertz CT molecular complexity index is 759. The Morgan fingerprint density at radius 3 is 2.46 bits per heavy atom. The first kappa shape index (κ1) is 18.7. The van der Waals surface area contributed by atoms with Crippen molar-refractivity contribution in [2.24, 2.45) is 0 Å². The van der Waals surface area contributed by atoms with Crippen molar-refractivity contribution in [3.05, 3.63) is 47.2 Å². The maximum absolute atomic E-state index is 10.9. The van der Waals surface area contributed by atoms with Gasteiger partial charge in [0.2, 0.25) is 0 Å². The molecule has 0 bridgehead atoms. The van der Waals surface area contributed by atoms with Gasteiger partial charge in [-0.3, -0.25) is 0 Å². The van der Waals surface area contributed by atoms with E-state index in [1.807, 2.05) is 12.1 Å². The lowest BCUT2D eigenvalue weighted by atomic mass is 10.1. The van der Waals surface area contributed by atoms with E-state index in [0.717, 1.165) is 60.6 Å². The molecule has 138 valence electrons. The maximum atomic E-state index is 10.9. The topological polar surface area (TPSA) is 69.6 Å². The van der Waals surface area contributed by atoms with Crippen molar-refractivity contribution in [1.82, 2.24) is 14.9 Å². The average molecular weight is 372 g/mol. The fraction of sp³-hybridized carbons (Fsp3) is 0.421. The number of carboxylic acid groups (broad SMARTS) is 1. The molecule has 1 saturated heterocycles. The number of hydrogen-bond donors (Lipinski definition) is 1. The highest BCUT2D eigenvalue weighted by Crippen LogP contribution is 2.24. The molecule has 3 rings (SSSR count). The highest BCUT2D eigenvalue weighted by atomic mass is 32.2. The van der Waals surface area contributed by atoms with Gasteiger partial charge < -0.3 is 14.9 Å². The lowest BCUT2D eigenvalue weighted by molar-refractivity contribution is 0.0697. The Kier molecular flexibility index (Phi) is 6.11. The van der Waals surface area contributed by atoms with Crippen LogP contribution < -0.4 is 4.90 Å². The monoisotopic (exact) mass is 372 g/mol. The van der Waals surface area contributed by atoms with Crippen molar-refractivity contribution in [3.8, 4) is 0 Å². The average Bonchev–Trinajstić information content (AvgIpc) is 2.67. The van der Waals surface area contributed by atoms with Crippen molar-refractivity contribution in [3.63, 3.8) is 0 Å². The van der Waals surface area contributed by atoms with Gasteiger partial charge in [-0.2, -0.15) is 0 Å². The molecule has 1 aliphatic rings. The predicted molar refractivity (Wildman–Crippen MR) is 104 cm³/mol. The van der Waals surface area contributed by atoms with Gasteiger partial charge in [-0.15, -0.1) is 0 Å². The second kappa shape index (κ2) is 8.51. The molecule has 0 aliphatic carbocycles. The molecule has 0 spiro atoms. The number of thioether (sulfide) groups is 1. The van der Waals surface area contributed by atoms with Crippen molar-refractivity contribution in [2.75, 3.05) is 38.1 Å². The van der Waals surface area contributed by atoms with E-state index >= 15 is 0 Å². The zero-order valence-corrected chi connectivity index (χ0v) is 16.0. The first-order valence-electron chi connectivity index (χ1n) is 8.81. The summed E-state index contributed by atoms with van der Waals surface area (Å²) < 4.78 is 0. The summed E-state index contributed by atoms with van der Waals surface area (Å²) >= 11 is 1.59. The lowest BCUT2D eigenvalue weighted by Crippen LogP contribution is -2.44. The minimum Gasteiger partial charge on any atom is -0.478 e. The number of rotatable bonds is 6. The number of benzene rings is 1. The fourth-order valence-electron chi connectivity index (χ4n) is 2.79. The van der Waals surface area contributed by atoms with E-state index in [1.54, 1.807) is 23.9 Å². The van der Waals surface area contributed by atoms with Gasteiger partial charge in [0.15, 0.2) is 5.16 Å². The molecule has 1 N–H and O–H groups in total. The number of aromatic carboxylic acids is 1. The van der Waals surface area contributed by atoms with Crippen LogP contribution in [0, 0.1) is 0 Å². The van der Waals surface area contributed by atoms with Gasteiger partial charge in [0.05, 0.1) is 5.56 Å². The smallest absolute Gasteiger partial charge is 0.335 e. The molecular weight excluding hydrogens is 348 g/mol. The third-order valence-corrected chi connectivity index (χ3v) is 5.42. The normalized spacial score (nSPS) is 15.2. The lowest BCUT2D eigenvalue weighted by Gasteiger charge is -2.33. The summed E-state index contributed by atoms with van der Waals surface area (Å²) in [5, 5.41) is 9.76. The molecule has 0 unspecified atom stereocenters. The van der Waals surface area contributed by atoms with Crippen molar-refractivity contribution in [1.29, 1.82) is 0 Å². The Morgan fingerprint density at radius 2 is 1.85 bits per heavy atom. The van der Waals surface area contributed by atoms with E-state index in [1.165, 1.54) is 0 Å². The SMILES string of the molecule is CCc1cc(N2CCN(C)CC2)nc(SCc2ccc(C(=O)O)cc2)n1. The van der Waals surface area contributed by atoms with Gasteiger partial charge in [-0.1, -0.05) is 30.8 Å². The zero-order valence-electron chi connectivity index (χ0n) is 15.2. The Balaban J connectivity index is 1.70. The van der Waals surface area contributed by atoms with E-state index in [9.17, 15) is 4.79 Å². The zero-order chi connectivity index (χ0) is 18.5. The van der Waals surface area contributed by atoms with Crippen LogP contribution in [-0.2, 0) is 12.2 Å². The third kappa shape index (κ3) is 4.74. The minimum absolute atomic E-state index is 0.306. The molecule has 2 aromatic rings. The minimum atomic E-state index is -0.903. The summed E-state index contributed by atoms with van der Waals surface area (Å²) in [6.07, 6.45) is 0.879.